The van der Waals surface area contributed by atoms with Crippen LogP contribution >= 0.6 is 22.6 Å². The van der Waals surface area contributed by atoms with Crippen LogP contribution in [0.1, 0.15) is 22.5 Å². The van der Waals surface area contributed by atoms with Crippen molar-refractivity contribution in [1.82, 2.24) is 14.2 Å². The molecule has 0 unspecified atom stereocenters. The van der Waals surface area contributed by atoms with E-state index in [1.165, 1.54) is 13.8 Å². The predicted octanol–water partition coefficient (Wildman–Crippen LogP) is 7.02. The zero-order chi connectivity index (χ0) is 27.3. The minimum atomic E-state index is -0.277. The maximum atomic E-state index is 13.7. The van der Waals surface area contributed by atoms with E-state index in [-0.39, 0.29) is 5.56 Å². The van der Waals surface area contributed by atoms with Crippen molar-refractivity contribution >= 4 is 50.7 Å². The van der Waals surface area contributed by atoms with E-state index in [0.29, 0.717) is 33.8 Å². The molecular weight excluding hydrogens is 603 g/mol. The molecular formula is C31H25IN4O3. The number of hydrogen-bond donors (Lipinski definition) is 0. The number of aromatic nitrogens is 3. The number of furan rings is 1. The molecule has 0 atom stereocenters. The molecule has 6 rings (SSSR count). The van der Waals surface area contributed by atoms with Gasteiger partial charge in [0.25, 0.3) is 5.56 Å². The van der Waals surface area contributed by atoms with E-state index < -0.39 is 0 Å². The number of ether oxygens (including phenoxy) is 1. The topological polar surface area (TPSA) is 74.6 Å². The van der Waals surface area contributed by atoms with E-state index >= 15 is 0 Å². The fourth-order valence-corrected chi connectivity index (χ4v) is 5.25. The van der Waals surface area contributed by atoms with Gasteiger partial charge in [0.15, 0.2) is 5.76 Å². The molecule has 0 aliphatic carbocycles. The molecule has 0 aliphatic heterocycles. The zero-order valence-corrected chi connectivity index (χ0v) is 24.1. The minimum absolute atomic E-state index is 0.277. The molecule has 0 spiro atoms. The number of fused-ring (bicyclic) bond motifs is 2. The summed E-state index contributed by atoms with van der Waals surface area (Å²) >= 11 is 2.34. The molecule has 8 heteroatoms. The summed E-state index contributed by atoms with van der Waals surface area (Å²) in [7, 11) is 1.62. The lowest BCUT2D eigenvalue weighted by Gasteiger charge is -2.11. The van der Waals surface area contributed by atoms with Gasteiger partial charge in [-0.3, -0.25) is 4.79 Å². The Morgan fingerprint density at radius 2 is 1.79 bits per heavy atom. The van der Waals surface area contributed by atoms with Crippen LogP contribution in [0.15, 0.2) is 87.1 Å². The van der Waals surface area contributed by atoms with Gasteiger partial charge in [-0.1, -0.05) is 18.2 Å². The minimum Gasteiger partial charge on any atom is -0.496 e. The summed E-state index contributed by atoms with van der Waals surface area (Å²) in [5.74, 6) is 1.42. The zero-order valence-electron chi connectivity index (χ0n) is 21.9. The summed E-state index contributed by atoms with van der Waals surface area (Å²) in [6.07, 6.45) is 1.71. The highest BCUT2D eigenvalue weighted by molar-refractivity contribution is 14.1. The lowest BCUT2D eigenvalue weighted by atomic mass is 10.2. The van der Waals surface area contributed by atoms with Crippen molar-refractivity contribution in [2.75, 3.05) is 7.11 Å². The first kappa shape index (κ1) is 25.1. The molecule has 0 N–H and O–H groups in total. The molecule has 0 fully saturated rings. The van der Waals surface area contributed by atoms with E-state index in [9.17, 15) is 4.79 Å². The van der Waals surface area contributed by atoms with Crippen LogP contribution in [0, 0.1) is 24.3 Å². The second-order valence-corrected chi connectivity index (χ2v) is 10.6. The Morgan fingerprint density at radius 1 is 0.974 bits per heavy atom. The molecule has 3 aromatic heterocycles. The molecule has 0 amide bonds. The number of aryl methyl sites for hydroxylation is 2. The van der Waals surface area contributed by atoms with Gasteiger partial charge in [0.2, 0.25) is 5.82 Å². The Bertz CT molecular complexity index is 1980. The molecule has 0 bridgehead atoms. The highest BCUT2D eigenvalue weighted by Gasteiger charge is 2.18. The van der Waals surface area contributed by atoms with E-state index in [2.05, 4.69) is 77.3 Å². The fourth-order valence-electron chi connectivity index (χ4n) is 4.92. The standard InChI is InChI=1S/C31H25IN4O3/c1-18-14-22(12-13-25(18)32)35-19(2)15-21(20(35)3)17-33-36-30(34-26-9-6-5-8-23(26)31(36)37)29-16-24-27(38-4)10-7-11-28(24)39-29/h5-17H,1-4H3. The summed E-state index contributed by atoms with van der Waals surface area (Å²) in [4.78, 5) is 18.5. The molecule has 194 valence electrons. The Labute approximate surface area is 238 Å². The fraction of sp³-hybridized carbons (Fsp3) is 0.129. The Kier molecular flexibility index (Phi) is 6.34. The van der Waals surface area contributed by atoms with Gasteiger partial charge in [0.05, 0.1) is 29.6 Å². The number of hydrogen-bond acceptors (Lipinski definition) is 5. The summed E-state index contributed by atoms with van der Waals surface area (Å²) < 4.78 is 16.4. The number of methoxy groups -OCH3 is 1. The largest absolute Gasteiger partial charge is 0.496 e. The number of rotatable bonds is 5. The van der Waals surface area contributed by atoms with E-state index in [1.807, 2.05) is 42.5 Å². The third-order valence-electron chi connectivity index (χ3n) is 6.90. The average molecular weight is 628 g/mol. The Balaban J connectivity index is 1.51. The van der Waals surface area contributed by atoms with Gasteiger partial charge < -0.3 is 13.7 Å². The van der Waals surface area contributed by atoms with Gasteiger partial charge in [0, 0.05) is 26.2 Å². The first-order valence-corrected chi connectivity index (χ1v) is 13.5. The van der Waals surface area contributed by atoms with E-state index in [4.69, 9.17) is 14.1 Å². The van der Waals surface area contributed by atoms with Gasteiger partial charge in [-0.2, -0.15) is 9.78 Å². The molecule has 39 heavy (non-hydrogen) atoms. The van der Waals surface area contributed by atoms with Crippen molar-refractivity contribution in [3.05, 3.63) is 109 Å². The van der Waals surface area contributed by atoms with Gasteiger partial charge in [0.1, 0.15) is 11.3 Å². The molecule has 3 heterocycles. The first-order chi connectivity index (χ1) is 18.9. The maximum absolute atomic E-state index is 13.7. The normalized spacial score (nSPS) is 11.7. The van der Waals surface area contributed by atoms with Crippen LogP contribution in [-0.2, 0) is 0 Å². The van der Waals surface area contributed by atoms with Crippen molar-refractivity contribution in [2.24, 2.45) is 5.10 Å². The maximum Gasteiger partial charge on any atom is 0.282 e. The smallest absolute Gasteiger partial charge is 0.282 e. The number of halogens is 1. The Hall–Kier alpha value is -4.18. The highest BCUT2D eigenvalue weighted by atomic mass is 127. The summed E-state index contributed by atoms with van der Waals surface area (Å²) in [5, 5.41) is 5.94. The number of benzene rings is 3. The second-order valence-electron chi connectivity index (χ2n) is 9.39. The predicted molar refractivity (Wildman–Crippen MR) is 163 cm³/mol. The Morgan fingerprint density at radius 3 is 2.59 bits per heavy atom. The quantitative estimate of drug-likeness (QED) is 0.152. The van der Waals surface area contributed by atoms with Crippen molar-refractivity contribution in [1.29, 1.82) is 0 Å². The van der Waals surface area contributed by atoms with Crippen LogP contribution in [-0.4, -0.2) is 27.6 Å². The van der Waals surface area contributed by atoms with Crippen molar-refractivity contribution in [3.63, 3.8) is 0 Å². The van der Waals surface area contributed by atoms with Crippen molar-refractivity contribution < 1.29 is 9.15 Å². The lowest BCUT2D eigenvalue weighted by molar-refractivity contribution is 0.419. The molecule has 0 saturated heterocycles. The molecule has 3 aromatic carbocycles. The van der Waals surface area contributed by atoms with Crippen LogP contribution in [0.25, 0.3) is 39.1 Å². The van der Waals surface area contributed by atoms with E-state index in [1.54, 1.807) is 19.4 Å². The van der Waals surface area contributed by atoms with Gasteiger partial charge in [-0.15, -0.1) is 0 Å². The SMILES string of the molecule is COc1cccc2oc(-c3nc4ccccc4c(=O)n3N=Cc3cc(C)n(-c4ccc(I)c(C)c4)c3C)cc12. The van der Waals surface area contributed by atoms with E-state index in [0.717, 1.165) is 28.0 Å². The van der Waals surface area contributed by atoms with Gasteiger partial charge in [-0.25, -0.2) is 4.98 Å². The van der Waals surface area contributed by atoms with Crippen LogP contribution in [0.3, 0.4) is 0 Å². The monoisotopic (exact) mass is 628 g/mol. The summed E-state index contributed by atoms with van der Waals surface area (Å²) in [6, 6.07) is 23.1. The van der Waals surface area contributed by atoms with Crippen molar-refractivity contribution in [2.45, 2.75) is 20.8 Å². The molecule has 0 radical (unpaired) electrons. The number of nitrogens with zero attached hydrogens (tertiary/aromatic N) is 4. The van der Waals surface area contributed by atoms with Gasteiger partial charge in [-0.05, 0) is 104 Å². The molecule has 0 aliphatic rings. The third kappa shape index (κ3) is 4.34. The van der Waals surface area contributed by atoms with Crippen LogP contribution in [0.5, 0.6) is 5.75 Å². The highest BCUT2D eigenvalue weighted by Crippen LogP contribution is 2.33. The van der Waals surface area contributed by atoms with Crippen LogP contribution in [0.2, 0.25) is 0 Å². The van der Waals surface area contributed by atoms with Gasteiger partial charge >= 0.3 is 0 Å². The average Bonchev–Trinajstić information content (AvgIpc) is 3.49. The molecule has 6 aromatic rings. The second kappa shape index (κ2) is 9.85. The third-order valence-corrected chi connectivity index (χ3v) is 8.11. The van der Waals surface area contributed by atoms with Crippen LogP contribution in [0.4, 0.5) is 0 Å². The lowest BCUT2D eigenvalue weighted by Crippen LogP contribution is -2.20. The molecule has 7 nitrogen and oxygen atoms in total. The summed E-state index contributed by atoms with van der Waals surface area (Å²) in [6.45, 7) is 6.22. The summed E-state index contributed by atoms with van der Waals surface area (Å²) in [5.41, 5.74) is 6.24. The van der Waals surface area contributed by atoms with Crippen molar-refractivity contribution in [3.8, 4) is 23.0 Å². The molecule has 0 saturated carbocycles. The first-order valence-electron chi connectivity index (χ1n) is 12.4. The van der Waals surface area contributed by atoms with Crippen LogP contribution < -0.4 is 10.3 Å². The number of para-hydroxylation sites is 1.